The third-order valence-corrected chi connectivity index (χ3v) is 6.20. The van der Waals surface area contributed by atoms with E-state index in [1.807, 2.05) is 0 Å². The Morgan fingerprint density at radius 3 is 2.35 bits per heavy atom. The van der Waals surface area contributed by atoms with Crippen molar-refractivity contribution >= 4 is 33.7 Å². The lowest BCUT2D eigenvalue weighted by molar-refractivity contribution is -0.129. The van der Waals surface area contributed by atoms with E-state index in [0.717, 1.165) is 29.3 Å². The number of hydrazine groups is 1. The molecule has 0 spiro atoms. The van der Waals surface area contributed by atoms with Crippen LogP contribution in [-0.2, 0) is 14.8 Å². The second kappa shape index (κ2) is 7.06. The molecule has 1 fully saturated rings. The van der Waals surface area contributed by atoms with E-state index in [0.29, 0.717) is 5.56 Å². The van der Waals surface area contributed by atoms with Crippen molar-refractivity contribution in [2.45, 2.75) is 10.3 Å². The number of benzene rings is 2. The van der Waals surface area contributed by atoms with E-state index in [4.69, 9.17) is 5.11 Å². The SMILES string of the molecule is O=C(O)c1ccc([C@@H]2SCC(=O)N2NS(=O)(=O)c2ccc(F)cc2)cc1. The van der Waals surface area contributed by atoms with Gasteiger partial charge < -0.3 is 5.11 Å². The highest BCUT2D eigenvalue weighted by Gasteiger charge is 2.36. The number of aromatic carboxylic acids is 1. The van der Waals surface area contributed by atoms with E-state index in [9.17, 15) is 22.4 Å². The molecule has 0 unspecified atom stereocenters. The summed E-state index contributed by atoms with van der Waals surface area (Å²) in [6, 6.07) is 10.0. The van der Waals surface area contributed by atoms with Crippen molar-refractivity contribution in [3.8, 4) is 0 Å². The molecule has 1 amide bonds. The Hall–Kier alpha value is -2.43. The van der Waals surface area contributed by atoms with Crippen LogP contribution in [0.5, 0.6) is 0 Å². The number of thioether (sulfide) groups is 1. The van der Waals surface area contributed by atoms with Gasteiger partial charge in [0.15, 0.2) is 0 Å². The largest absolute Gasteiger partial charge is 0.478 e. The van der Waals surface area contributed by atoms with E-state index in [1.165, 1.54) is 36.0 Å². The molecule has 1 aliphatic rings. The van der Waals surface area contributed by atoms with Crippen LogP contribution in [0.25, 0.3) is 0 Å². The van der Waals surface area contributed by atoms with Gasteiger partial charge in [0.2, 0.25) is 5.91 Å². The number of hydrogen-bond acceptors (Lipinski definition) is 5. The molecule has 26 heavy (non-hydrogen) atoms. The highest BCUT2D eigenvalue weighted by molar-refractivity contribution is 8.00. The van der Waals surface area contributed by atoms with Crippen molar-refractivity contribution < 1.29 is 27.5 Å². The molecule has 0 saturated carbocycles. The lowest BCUT2D eigenvalue weighted by atomic mass is 10.1. The monoisotopic (exact) mass is 396 g/mol. The van der Waals surface area contributed by atoms with Crippen molar-refractivity contribution in [3.05, 3.63) is 65.5 Å². The van der Waals surface area contributed by atoms with Crippen LogP contribution in [0.3, 0.4) is 0 Å². The van der Waals surface area contributed by atoms with Crippen LogP contribution in [0.4, 0.5) is 4.39 Å². The Kier molecular flexibility index (Phi) is 4.99. The maximum atomic E-state index is 13.0. The summed E-state index contributed by atoms with van der Waals surface area (Å²) in [6.45, 7) is 0. The van der Waals surface area contributed by atoms with Gasteiger partial charge in [-0.05, 0) is 42.0 Å². The Bertz CT molecular complexity index is 946. The van der Waals surface area contributed by atoms with Crippen LogP contribution in [0.1, 0.15) is 21.3 Å². The second-order valence-corrected chi connectivity index (χ2v) is 8.13. The average molecular weight is 396 g/mol. The number of nitrogens with zero attached hydrogens (tertiary/aromatic N) is 1. The number of rotatable bonds is 5. The van der Waals surface area contributed by atoms with E-state index < -0.39 is 33.1 Å². The summed E-state index contributed by atoms with van der Waals surface area (Å²) in [5.41, 5.74) is 0.661. The Labute approximate surface area is 152 Å². The summed E-state index contributed by atoms with van der Waals surface area (Å²) in [4.78, 5) is 25.1. The number of carbonyl (C=O) groups excluding carboxylic acids is 1. The molecular weight excluding hydrogens is 383 g/mol. The van der Waals surface area contributed by atoms with Crippen LogP contribution in [-0.4, -0.2) is 36.2 Å². The van der Waals surface area contributed by atoms with Gasteiger partial charge in [-0.2, -0.15) is 0 Å². The molecular formula is C16H13FN2O5S2. The summed E-state index contributed by atoms with van der Waals surface area (Å²) in [7, 11) is -4.07. The van der Waals surface area contributed by atoms with Crippen LogP contribution < -0.4 is 4.83 Å². The summed E-state index contributed by atoms with van der Waals surface area (Å²) < 4.78 is 37.9. The average Bonchev–Trinajstić information content (AvgIpc) is 2.95. The van der Waals surface area contributed by atoms with Crippen molar-refractivity contribution in [3.63, 3.8) is 0 Å². The van der Waals surface area contributed by atoms with Gasteiger partial charge in [0.1, 0.15) is 11.2 Å². The molecule has 7 nitrogen and oxygen atoms in total. The number of sulfonamides is 1. The lowest BCUT2D eigenvalue weighted by Crippen LogP contribution is -2.44. The number of hydrogen-bond donors (Lipinski definition) is 2. The molecule has 2 N–H and O–H groups in total. The van der Waals surface area contributed by atoms with Crippen LogP contribution in [0.15, 0.2) is 53.4 Å². The molecule has 2 aromatic carbocycles. The van der Waals surface area contributed by atoms with Crippen molar-refractivity contribution in [1.29, 1.82) is 0 Å². The molecule has 136 valence electrons. The molecule has 1 heterocycles. The van der Waals surface area contributed by atoms with Crippen LogP contribution >= 0.6 is 11.8 Å². The highest BCUT2D eigenvalue weighted by atomic mass is 32.2. The molecule has 2 aromatic rings. The molecule has 1 aliphatic heterocycles. The van der Waals surface area contributed by atoms with E-state index in [2.05, 4.69) is 4.83 Å². The quantitative estimate of drug-likeness (QED) is 0.801. The molecule has 0 bridgehead atoms. The third kappa shape index (κ3) is 3.71. The van der Waals surface area contributed by atoms with Gasteiger partial charge in [-0.25, -0.2) is 22.6 Å². The van der Waals surface area contributed by atoms with E-state index >= 15 is 0 Å². The Balaban J connectivity index is 1.86. The number of carbonyl (C=O) groups is 2. The highest BCUT2D eigenvalue weighted by Crippen LogP contribution is 2.37. The number of amides is 1. The van der Waals surface area contributed by atoms with Gasteiger partial charge in [-0.3, -0.25) is 4.79 Å². The first-order valence-corrected chi connectivity index (χ1v) is 9.86. The smallest absolute Gasteiger partial charge is 0.335 e. The van der Waals surface area contributed by atoms with E-state index in [1.54, 1.807) is 0 Å². The number of carboxylic acids is 1. The van der Waals surface area contributed by atoms with Gasteiger partial charge in [-0.15, -0.1) is 16.6 Å². The molecule has 0 aromatic heterocycles. The standard InChI is InChI=1S/C16H13FN2O5S2/c17-12-5-7-13(8-6-12)26(23,24)18-19-14(20)9-25-15(19)10-1-3-11(4-2-10)16(21)22/h1-8,15,18H,9H2,(H,21,22)/t15-/m0/s1. The molecule has 1 saturated heterocycles. The predicted octanol–water partition coefficient (Wildman–Crippen LogP) is 1.99. The van der Waals surface area contributed by atoms with Gasteiger partial charge in [0, 0.05) is 0 Å². The zero-order valence-electron chi connectivity index (χ0n) is 13.1. The third-order valence-electron chi connectivity index (χ3n) is 3.65. The zero-order valence-corrected chi connectivity index (χ0v) is 14.8. The normalized spacial score (nSPS) is 17.5. The predicted molar refractivity (Wildman–Crippen MR) is 92.2 cm³/mol. The van der Waals surface area contributed by atoms with Gasteiger partial charge >= 0.3 is 5.97 Å². The summed E-state index contributed by atoms with van der Waals surface area (Å²) >= 11 is 1.21. The fourth-order valence-corrected chi connectivity index (χ4v) is 4.60. The second-order valence-electron chi connectivity index (χ2n) is 5.40. The minimum Gasteiger partial charge on any atom is -0.478 e. The minimum atomic E-state index is -4.07. The summed E-state index contributed by atoms with van der Waals surface area (Å²) in [5, 5.41) is 9.29. The van der Waals surface area contributed by atoms with E-state index in [-0.39, 0.29) is 16.2 Å². The molecule has 0 aliphatic carbocycles. The molecule has 3 rings (SSSR count). The zero-order chi connectivity index (χ0) is 18.9. The minimum absolute atomic E-state index is 0.0668. The fourth-order valence-electron chi connectivity index (χ4n) is 2.36. The van der Waals surface area contributed by atoms with Crippen molar-refractivity contribution in [2.75, 3.05) is 5.75 Å². The van der Waals surface area contributed by atoms with Gasteiger partial charge in [0.25, 0.3) is 10.0 Å². The van der Waals surface area contributed by atoms with Gasteiger partial charge in [0.05, 0.1) is 16.2 Å². The summed E-state index contributed by atoms with van der Waals surface area (Å²) in [6.07, 6.45) is 0. The van der Waals surface area contributed by atoms with Crippen molar-refractivity contribution in [1.82, 2.24) is 9.84 Å². The lowest BCUT2D eigenvalue weighted by Gasteiger charge is -2.24. The van der Waals surface area contributed by atoms with Crippen LogP contribution in [0.2, 0.25) is 0 Å². The van der Waals surface area contributed by atoms with Crippen molar-refractivity contribution in [2.24, 2.45) is 0 Å². The molecule has 1 atom stereocenters. The first-order chi connectivity index (χ1) is 12.3. The Morgan fingerprint density at radius 2 is 1.77 bits per heavy atom. The van der Waals surface area contributed by atoms with Gasteiger partial charge in [-0.1, -0.05) is 12.1 Å². The Morgan fingerprint density at radius 1 is 1.15 bits per heavy atom. The first kappa shape index (κ1) is 18.4. The number of nitrogens with one attached hydrogen (secondary N) is 1. The maximum Gasteiger partial charge on any atom is 0.335 e. The number of halogens is 1. The summed E-state index contributed by atoms with van der Waals surface area (Å²) in [5.74, 6) is -2.03. The topological polar surface area (TPSA) is 104 Å². The number of carboxylic acid groups (broad SMARTS) is 1. The first-order valence-electron chi connectivity index (χ1n) is 7.33. The maximum absolute atomic E-state index is 13.0. The molecule has 10 heteroatoms. The fraction of sp³-hybridized carbons (Fsp3) is 0.125. The molecule has 0 radical (unpaired) electrons. The van der Waals surface area contributed by atoms with Crippen LogP contribution in [0, 0.1) is 5.82 Å².